The van der Waals surface area contributed by atoms with Crippen molar-refractivity contribution in [1.82, 2.24) is 20.4 Å². The molecule has 0 aliphatic heterocycles. The molecule has 0 aliphatic carbocycles. The largest absolute Gasteiger partial charge is 0.356 e. The Morgan fingerprint density at radius 3 is 2.71 bits per heavy atom. The highest BCUT2D eigenvalue weighted by Gasteiger charge is 2.03. The molecule has 2 aromatic carbocycles. The van der Waals surface area contributed by atoms with Crippen LogP contribution in [0.2, 0.25) is 0 Å². The third-order valence-electron chi connectivity index (χ3n) is 4.57. The lowest BCUT2D eigenvalue weighted by molar-refractivity contribution is 0.625. The number of hydrogen-bond donors (Lipinski definition) is 2. The number of rotatable bonds is 7. The molecule has 0 fully saturated rings. The van der Waals surface area contributed by atoms with Crippen LogP contribution in [0.5, 0.6) is 0 Å². The number of guanidine groups is 1. The molecule has 1 aromatic heterocycles. The third kappa shape index (κ3) is 5.67. The quantitative estimate of drug-likeness (QED) is 0.489. The zero-order valence-electron chi connectivity index (χ0n) is 16.3. The third-order valence-corrected chi connectivity index (χ3v) is 4.57. The Hall–Kier alpha value is -3.15. The SMILES string of the molecule is CN=C(NCCc1ccc(F)cc1C)NCc1cccc(Cn2cccn2)c1. The van der Waals surface area contributed by atoms with E-state index >= 15 is 0 Å². The van der Waals surface area contributed by atoms with E-state index in [1.807, 2.05) is 29.9 Å². The van der Waals surface area contributed by atoms with Crippen LogP contribution in [0.4, 0.5) is 4.39 Å². The van der Waals surface area contributed by atoms with Crippen LogP contribution in [-0.2, 0) is 19.5 Å². The van der Waals surface area contributed by atoms with Crippen molar-refractivity contribution in [3.8, 4) is 0 Å². The molecule has 3 rings (SSSR count). The normalized spacial score (nSPS) is 11.5. The molecule has 0 atom stereocenters. The summed E-state index contributed by atoms with van der Waals surface area (Å²) in [6, 6.07) is 15.3. The van der Waals surface area contributed by atoms with Gasteiger partial charge in [-0.2, -0.15) is 5.10 Å². The molecule has 0 saturated heterocycles. The summed E-state index contributed by atoms with van der Waals surface area (Å²) in [5.41, 5.74) is 4.49. The van der Waals surface area contributed by atoms with Gasteiger partial charge in [0.25, 0.3) is 0 Å². The van der Waals surface area contributed by atoms with Crippen molar-refractivity contribution < 1.29 is 4.39 Å². The first kappa shape index (κ1) is 19.6. The minimum atomic E-state index is -0.193. The summed E-state index contributed by atoms with van der Waals surface area (Å²) < 4.78 is 15.1. The minimum absolute atomic E-state index is 0.193. The summed E-state index contributed by atoms with van der Waals surface area (Å²) in [5, 5.41) is 10.9. The van der Waals surface area contributed by atoms with E-state index < -0.39 is 0 Å². The van der Waals surface area contributed by atoms with E-state index in [0.717, 1.165) is 36.6 Å². The molecule has 0 bridgehead atoms. The summed E-state index contributed by atoms with van der Waals surface area (Å²) in [4.78, 5) is 4.27. The first-order valence-electron chi connectivity index (χ1n) is 9.39. The van der Waals surface area contributed by atoms with Gasteiger partial charge >= 0.3 is 0 Å². The average molecular weight is 379 g/mol. The maximum Gasteiger partial charge on any atom is 0.191 e. The number of aryl methyl sites for hydroxylation is 1. The number of halogens is 1. The Labute approximate surface area is 165 Å². The Morgan fingerprint density at radius 1 is 1.11 bits per heavy atom. The second-order valence-corrected chi connectivity index (χ2v) is 6.70. The molecule has 0 unspecified atom stereocenters. The standard InChI is InChI=1S/C22H26FN5/c1-17-13-21(23)8-7-20(17)9-11-25-22(24-2)26-15-18-5-3-6-19(14-18)16-28-12-4-10-27-28/h3-8,10,12-14H,9,11,15-16H2,1-2H3,(H2,24,25,26). The lowest BCUT2D eigenvalue weighted by Crippen LogP contribution is -2.37. The summed E-state index contributed by atoms with van der Waals surface area (Å²) in [7, 11) is 1.76. The van der Waals surface area contributed by atoms with E-state index in [9.17, 15) is 4.39 Å². The Bertz CT molecular complexity index is 918. The van der Waals surface area contributed by atoms with Gasteiger partial charge in [0.15, 0.2) is 5.96 Å². The van der Waals surface area contributed by atoms with Gasteiger partial charge in [-0.05, 0) is 53.8 Å². The molecule has 0 amide bonds. The van der Waals surface area contributed by atoms with Gasteiger partial charge in [-0.25, -0.2) is 4.39 Å². The summed E-state index contributed by atoms with van der Waals surface area (Å²) in [6.07, 6.45) is 4.56. The number of nitrogens with one attached hydrogen (secondary N) is 2. The maximum absolute atomic E-state index is 13.2. The monoisotopic (exact) mass is 379 g/mol. The average Bonchev–Trinajstić information content (AvgIpc) is 3.19. The van der Waals surface area contributed by atoms with Crippen LogP contribution in [0.1, 0.15) is 22.3 Å². The van der Waals surface area contributed by atoms with Crippen molar-refractivity contribution in [2.75, 3.05) is 13.6 Å². The van der Waals surface area contributed by atoms with Gasteiger partial charge in [0, 0.05) is 32.5 Å². The van der Waals surface area contributed by atoms with Gasteiger partial charge in [0.1, 0.15) is 5.82 Å². The second kappa shape index (κ2) is 9.69. The van der Waals surface area contributed by atoms with Crippen LogP contribution >= 0.6 is 0 Å². The van der Waals surface area contributed by atoms with Crippen LogP contribution in [0.3, 0.4) is 0 Å². The second-order valence-electron chi connectivity index (χ2n) is 6.70. The van der Waals surface area contributed by atoms with Crippen LogP contribution in [0.15, 0.2) is 65.9 Å². The summed E-state index contributed by atoms with van der Waals surface area (Å²) >= 11 is 0. The number of benzene rings is 2. The molecule has 0 aliphatic rings. The lowest BCUT2D eigenvalue weighted by atomic mass is 10.1. The van der Waals surface area contributed by atoms with Crippen LogP contribution in [0, 0.1) is 12.7 Å². The summed E-state index contributed by atoms with van der Waals surface area (Å²) in [6.45, 7) is 4.10. The van der Waals surface area contributed by atoms with Crippen molar-refractivity contribution in [2.45, 2.75) is 26.4 Å². The number of nitrogens with zero attached hydrogens (tertiary/aromatic N) is 3. The molecule has 2 N–H and O–H groups in total. The first-order valence-corrected chi connectivity index (χ1v) is 9.39. The minimum Gasteiger partial charge on any atom is -0.356 e. The van der Waals surface area contributed by atoms with E-state index in [2.05, 4.69) is 45.0 Å². The molecule has 1 heterocycles. The Balaban J connectivity index is 1.48. The Kier molecular flexibility index (Phi) is 6.78. The van der Waals surface area contributed by atoms with Crippen molar-refractivity contribution in [3.63, 3.8) is 0 Å². The van der Waals surface area contributed by atoms with Crippen molar-refractivity contribution in [1.29, 1.82) is 0 Å². The van der Waals surface area contributed by atoms with Gasteiger partial charge in [-0.3, -0.25) is 9.67 Å². The predicted octanol–water partition coefficient (Wildman–Crippen LogP) is 3.29. The first-order chi connectivity index (χ1) is 13.6. The van der Waals surface area contributed by atoms with Crippen molar-refractivity contribution in [2.24, 2.45) is 4.99 Å². The van der Waals surface area contributed by atoms with E-state index in [1.54, 1.807) is 19.3 Å². The zero-order valence-corrected chi connectivity index (χ0v) is 16.3. The molecular formula is C22H26FN5. The zero-order chi connectivity index (χ0) is 19.8. The van der Waals surface area contributed by atoms with Crippen LogP contribution < -0.4 is 10.6 Å². The lowest BCUT2D eigenvalue weighted by Gasteiger charge is -2.13. The van der Waals surface area contributed by atoms with Crippen molar-refractivity contribution >= 4 is 5.96 Å². The van der Waals surface area contributed by atoms with Gasteiger partial charge in [-0.15, -0.1) is 0 Å². The van der Waals surface area contributed by atoms with E-state index in [0.29, 0.717) is 6.54 Å². The van der Waals surface area contributed by atoms with E-state index in [-0.39, 0.29) is 5.82 Å². The van der Waals surface area contributed by atoms with Crippen molar-refractivity contribution in [3.05, 3.63) is 89.0 Å². The molecule has 28 heavy (non-hydrogen) atoms. The molecule has 0 radical (unpaired) electrons. The molecule has 5 nitrogen and oxygen atoms in total. The number of aromatic nitrogens is 2. The molecule has 0 saturated carbocycles. The maximum atomic E-state index is 13.2. The molecular weight excluding hydrogens is 353 g/mol. The molecule has 3 aromatic rings. The highest BCUT2D eigenvalue weighted by Crippen LogP contribution is 2.10. The Morgan fingerprint density at radius 2 is 1.96 bits per heavy atom. The molecule has 146 valence electrons. The number of aliphatic imine (C=N–C) groups is 1. The summed E-state index contributed by atoms with van der Waals surface area (Å²) in [5.74, 6) is 0.554. The fourth-order valence-electron chi connectivity index (χ4n) is 3.08. The highest BCUT2D eigenvalue weighted by atomic mass is 19.1. The highest BCUT2D eigenvalue weighted by molar-refractivity contribution is 5.79. The molecule has 6 heteroatoms. The van der Waals surface area contributed by atoms with E-state index in [4.69, 9.17) is 0 Å². The van der Waals surface area contributed by atoms with Gasteiger partial charge in [0.05, 0.1) is 6.54 Å². The van der Waals surface area contributed by atoms with Gasteiger partial charge < -0.3 is 10.6 Å². The topological polar surface area (TPSA) is 54.2 Å². The smallest absolute Gasteiger partial charge is 0.191 e. The predicted molar refractivity (Wildman–Crippen MR) is 111 cm³/mol. The molecule has 0 spiro atoms. The van der Waals surface area contributed by atoms with Crippen LogP contribution in [-0.4, -0.2) is 29.3 Å². The fourth-order valence-corrected chi connectivity index (χ4v) is 3.08. The van der Waals surface area contributed by atoms with Gasteiger partial charge in [0.2, 0.25) is 0 Å². The van der Waals surface area contributed by atoms with E-state index in [1.165, 1.54) is 17.2 Å². The fraction of sp³-hybridized carbons (Fsp3) is 0.273. The van der Waals surface area contributed by atoms with Gasteiger partial charge in [-0.1, -0.05) is 30.3 Å². The number of hydrogen-bond acceptors (Lipinski definition) is 2. The van der Waals surface area contributed by atoms with Crippen LogP contribution in [0.25, 0.3) is 0 Å².